The highest BCUT2D eigenvalue weighted by atomic mass is 35.5. The zero-order valence-electron chi connectivity index (χ0n) is 13.2. The van der Waals surface area contributed by atoms with Crippen molar-refractivity contribution in [1.82, 2.24) is 10.6 Å². The maximum Gasteiger partial charge on any atom is 0.254 e. The van der Waals surface area contributed by atoms with Crippen LogP contribution in [0.3, 0.4) is 0 Å². The van der Waals surface area contributed by atoms with Gasteiger partial charge in [0, 0.05) is 11.6 Å². The number of nitrogens with one attached hydrogen (secondary N) is 3. The van der Waals surface area contributed by atoms with E-state index in [0.29, 0.717) is 22.8 Å². The first-order valence-corrected chi connectivity index (χ1v) is 8.12. The summed E-state index contributed by atoms with van der Waals surface area (Å²) in [5, 5.41) is 8.56. The molecule has 0 saturated heterocycles. The first-order chi connectivity index (χ1) is 12.0. The van der Waals surface area contributed by atoms with E-state index >= 15 is 0 Å². The van der Waals surface area contributed by atoms with Crippen molar-refractivity contribution in [3.63, 3.8) is 0 Å². The molecule has 3 amide bonds. The molecule has 1 aliphatic heterocycles. The van der Waals surface area contributed by atoms with Crippen LogP contribution in [0.1, 0.15) is 22.3 Å². The number of benzene rings is 2. The Morgan fingerprint density at radius 3 is 2.72 bits per heavy atom. The van der Waals surface area contributed by atoms with Crippen LogP contribution < -0.4 is 16.0 Å². The van der Waals surface area contributed by atoms with Crippen LogP contribution in [0.15, 0.2) is 48.5 Å². The zero-order chi connectivity index (χ0) is 17.8. The molecule has 0 spiro atoms. The highest BCUT2D eigenvalue weighted by Crippen LogP contribution is 2.18. The van der Waals surface area contributed by atoms with Gasteiger partial charge >= 0.3 is 0 Å². The van der Waals surface area contributed by atoms with Crippen molar-refractivity contribution in [3.05, 3.63) is 64.7 Å². The summed E-state index contributed by atoms with van der Waals surface area (Å²) >= 11 is 5.90. The number of rotatable bonds is 4. The molecule has 1 atom stereocenters. The number of para-hydroxylation sites is 1. The number of fused-ring (bicyclic) bond motifs is 1. The largest absolute Gasteiger partial charge is 0.352 e. The van der Waals surface area contributed by atoms with E-state index < -0.39 is 11.9 Å². The van der Waals surface area contributed by atoms with Gasteiger partial charge in [0.25, 0.3) is 5.91 Å². The van der Waals surface area contributed by atoms with Gasteiger partial charge in [0.2, 0.25) is 11.8 Å². The van der Waals surface area contributed by atoms with Gasteiger partial charge in [-0.25, -0.2) is 0 Å². The Morgan fingerprint density at radius 2 is 1.92 bits per heavy atom. The average Bonchev–Trinajstić information content (AvgIpc) is 2.70. The van der Waals surface area contributed by atoms with Crippen LogP contribution in [-0.2, 0) is 16.1 Å². The Morgan fingerprint density at radius 1 is 1.12 bits per heavy atom. The molecule has 1 heterocycles. The van der Waals surface area contributed by atoms with Gasteiger partial charge in [0.1, 0.15) is 6.04 Å². The third-order valence-electron chi connectivity index (χ3n) is 3.82. The van der Waals surface area contributed by atoms with E-state index in [2.05, 4.69) is 16.0 Å². The Balaban J connectivity index is 1.62. The Bertz CT molecular complexity index is 838. The summed E-state index contributed by atoms with van der Waals surface area (Å²) in [5.41, 5.74) is 1.66. The molecule has 0 unspecified atom stereocenters. The van der Waals surface area contributed by atoms with Crippen molar-refractivity contribution in [3.8, 4) is 0 Å². The molecule has 7 heteroatoms. The van der Waals surface area contributed by atoms with Crippen LogP contribution in [0, 0.1) is 0 Å². The van der Waals surface area contributed by atoms with E-state index in [0.717, 1.165) is 5.56 Å². The lowest BCUT2D eigenvalue weighted by Gasteiger charge is -2.14. The Labute approximate surface area is 149 Å². The lowest BCUT2D eigenvalue weighted by Crippen LogP contribution is -2.44. The molecule has 128 valence electrons. The SMILES string of the molecule is O=C(C[C@H]1NC(=O)c2ccccc2NC1=O)NCc1cccc(Cl)c1. The molecule has 25 heavy (non-hydrogen) atoms. The van der Waals surface area contributed by atoms with Crippen LogP contribution in [0.4, 0.5) is 5.69 Å². The number of amides is 3. The molecule has 1 aliphatic rings. The molecule has 0 bridgehead atoms. The van der Waals surface area contributed by atoms with Gasteiger partial charge in [-0.15, -0.1) is 0 Å². The molecule has 0 fully saturated rings. The van der Waals surface area contributed by atoms with Crippen LogP contribution in [0.25, 0.3) is 0 Å². The van der Waals surface area contributed by atoms with Crippen LogP contribution in [-0.4, -0.2) is 23.8 Å². The van der Waals surface area contributed by atoms with Crippen LogP contribution >= 0.6 is 11.6 Å². The fraction of sp³-hybridized carbons (Fsp3) is 0.167. The number of hydrogen-bond acceptors (Lipinski definition) is 3. The summed E-state index contributed by atoms with van der Waals surface area (Å²) in [6.45, 7) is 0.294. The van der Waals surface area contributed by atoms with Crippen molar-refractivity contribution >= 4 is 35.0 Å². The Hall–Kier alpha value is -2.86. The molecule has 0 aromatic heterocycles. The smallest absolute Gasteiger partial charge is 0.254 e. The first kappa shape index (κ1) is 17.0. The van der Waals surface area contributed by atoms with Crippen LogP contribution in [0.5, 0.6) is 0 Å². The van der Waals surface area contributed by atoms with Gasteiger partial charge in [-0.05, 0) is 29.8 Å². The van der Waals surface area contributed by atoms with Gasteiger partial charge in [-0.1, -0.05) is 35.9 Å². The lowest BCUT2D eigenvalue weighted by molar-refractivity contribution is -0.125. The summed E-state index contributed by atoms with van der Waals surface area (Å²) < 4.78 is 0. The van der Waals surface area contributed by atoms with E-state index in [-0.39, 0.29) is 18.2 Å². The third-order valence-corrected chi connectivity index (χ3v) is 4.05. The summed E-state index contributed by atoms with van der Waals surface area (Å²) in [6, 6.07) is 12.9. The summed E-state index contributed by atoms with van der Waals surface area (Å²) in [7, 11) is 0. The second-order valence-corrected chi connectivity index (χ2v) is 6.11. The third kappa shape index (κ3) is 4.16. The summed E-state index contributed by atoms with van der Waals surface area (Å²) in [6.07, 6.45) is -0.147. The highest BCUT2D eigenvalue weighted by molar-refractivity contribution is 6.30. The minimum atomic E-state index is -0.931. The molecule has 3 N–H and O–H groups in total. The minimum Gasteiger partial charge on any atom is -0.352 e. The second kappa shape index (κ2) is 7.36. The quantitative estimate of drug-likeness (QED) is 0.783. The maximum absolute atomic E-state index is 12.3. The van der Waals surface area contributed by atoms with E-state index in [1.54, 1.807) is 42.5 Å². The van der Waals surface area contributed by atoms with E-state index in [9.17, 15) is 14.4 Å². The monoisotopic (exact) mass is 357 g/mol. The Kier molecular flexibility index (Phi) is 5.00. The fourth-order valence-corrected chi connectivity index (χ4v) is 2.77. The first-order valence-electron chi connectivity index (χ1n) is 7.75. The molecule has 6 nitrogen and oxygen atoms in total. The highest BCUT2D eigenvalue weighted by Gasteiger charge is 2.29. The number of carbonyl (C=O) groups excluding carboxylic acids is 3. The average molecular weight is 358 g/mol. The van der Waals surface area contributed by atoms with E-state index in [1.165, 1.54) is 0 Å². The van der Waals surface area contributed by atoms with Crippen molar-refractivity contribution in [1.29, 1.82) is 0 Å². The lowest BCUT2D eigenvalue weighted by atomic mass is 10.1. The van der Waals surface area contributed by atoms with Gasteiger partial charge in [0.05, 0.1) is 17.7 Å². The van der Waals surface area contributed by atoms with Crippen molar-refractivity contribution in [2.75, 3.05) is 5.32 Å². The molecular weight excluding hydrogens is 342 g/mol. The topological polar surface area (TPSA) is 87.3 Å². The number of anilines is 1. The second-order valence-electron chi connectivity index (χ2n) is 5.67. The van der Waals surface area contributed by atoms with E-state index in [4.69, 9.17) is 11.6 Å². The summed E-state index contributed by atoms with van der Waals surface area (Å²) in [4.78, 5) is 36.6. The van der Waals surface area contributed by atoms with Gasteiger partial charge in [0.15, 0.2) is 0 Å². The van der Waals surface area contributed by atoms with Gasteiger partial charge in [-0.2, -0.15) is 0 Å². The van der Waals surface area contributed by atoms with Gasteiger partial charge < -0.3 is 16.0 Å². The predicted molar refractivity (Wildman–Crippen MR) is 94.2 cm³/mol. The number of halogens is 1. The normalized spacial score (nSPS) is 16.3. The maximum atomic E-state index is 12.3. The van der Waals surface area contributed by atoms with Crippen molar-refractivity contribution < 1.29 is 14.4 Å². The molecule has 0 saturated carbocycles. The number of hydrogen-bond donors (Lipinski definition) is 3. The number of carbonyl (C=O) groups is 3. The summed E-state index contributed by atoms with van der Waals surface area (Å²) in [5.74, 6) is -1.15. The fourth-order valence-electron chi connectivity index (χ4n) is 2.56. The molecule has 2 aromatic carbocycles. The molecule has 2 aromatic rings. The molecule has 0 aliphatic carbocycles. The molecule has 3 rings (SSSR count). The van der Waals surface area contributed by atoms with Crippen LogP contribution in [0.2, 0.25) is 5.02 Å². The molecule has 0 radical (unpaired) electrons. The van der Waals surface area contributed by atoms with Gasteiger partial charge in [-0.3, -0.25) is 14.4 Å². The van der Waals surface area contributed by atoms with E-state index in [1.807, 2.05) is 6.07 Å². The van der Waals surface area contributed by atoms with Crippen molar-refractivity contribution in [2.45, 2.75) is 19.0 Å². The predicted octanol–water partition coefficient (Wildman–Crippen LogP) is 2.10. The minimum absolute atomic E-state index is 0.147. The standard InChI is InChI=1S/C18H16ClN3O3/c19-12-5-3-4-11(8-12)10-20-16(23)9-15-18(25)21-14-7-2-1-6-13(14)17(24)22-15/h1-8,15H,9-10H2,(H,20,23)(H,21,25)(H,22,24)/t15-/m1/s1. The zero-order valence-corrected chi connectivity index (χ0v) is 14.0. The van der Waals surface area contributed by atoms with Crippen molar-refractivity contribution in [2.24, 2.45) is 0 Å². The molecular formula is C18H16ClN3O3.